The third kappa shape index (κ3) is 5.01. The minimum atomic E-state index is -0.312. The van der Waals surface area contributed by atoms with E-state index >= 15 is 0 Å². The first-order chi connectivity index (χ1) is 17.0. The van der Waals surface area contributed by atoms with Crippen LogP contribution in [0.5, 0.6) is 0 Å². The standard InChI is InChI=1S/C28H35N3O4/c1-20-19-30(28(33)35-25-6-4-3-5-7-25)27-18-23(10-13-26(27)31(20)21(2)32)22-8-11-24(12-9-22)29-14-16-34-17-15-29/h8-13,18,20,25H,3-7,14-17,19H2,1-2H3/t20-/m0/s1. The van der Waals surface area contributed by atoms with Gasteiger partial charge in [-0.1, -0.05) is 24.6 Å². The zero-order chi connectivity index (χ0) is 24.4. The van der Waals surface area contributed by atoms with Crippen LogP contribution < -0.4 is 14.7 Å². The fourth-order valence-corrected chi connectivity index (χ4v) is 5.53. The highest BCUT2D eigenvalue weighted by Gasteiger charge is 2.35. The monoisotopic (exact) mass is 477 g/mol. The minimum Gasteiger partial charge on any atom is -0.446 e. The van der Waals surface area contributed by atoms with Crippen molar-refractivity contribution in [1.82, 2.24) is 0 Å². The summed E-state index contributed by atoms with van der Waals surface area (Å²) in [6, 6.07) is 14.4. The molecular formula is C28H35N3O4. The van der Waals surface area contributed by atoms with Crippen molar-refractivity contribution in [2.45, 2.75) is 58.1 Å². The first-order valence-corrected chi connectivity index (χ1v) is 12.9. The number of carbonyl (C=O) groups excluding carboxylic acids is 2. The van der Waals surface area contributed by atoms with Gasteiger partial charge < -0.3 is 19.3 Å². The second-order valence-electron chi connectivity index (χ2n) is 9.84. The molecular weight excluding hydrogens is 442 g/mol. The Morgan fingerprint density at radius 3 is 2.29 bits per heavy atom. The number of amides is 2. The Balaban J connectivity index is 1.44. The van der Waals surface area contributed by atoms with Gasteiger partial charge in [0.25, 0.3) is 0 Å². The lowest BCUT2D eigenvalue weighted by atomic mass is 9.98. The van der Waals surface area contributed by atoms with Gasteiger partial charge in [0, 0.05) is 32.2 Å². The maximum atomic E-state index is 13.3. The van der Waals surface area contributed by atoms with Crippen molar-refractivity contribution in [3.05, 3.63) is 42.5 Å². The molecule has 1 atom stereocenters. The first kappa shape index (κ1) is 23.7. The number of nitrogens with zero attached hydrogens (tertiary/aromatic N) is 3. The van der Waals surface area contributed by atoms with Gasteiger partial charge >= 0.3 is 6.09 Å². The number of ether oxygens (including phenoxy) is 2. The van der Waals surface area contributed by atoms with Crippen LogP contribution >= 0.6 is 0 Å². The molecule has 2 fully saturated rings. The van der Waals surface area contributed by atoms with Gasteiger partial charge in [0.15, 0.2) is 0 Å². The highest BCUT2D eigenvalue weighted by atomic mass is 16.6. The van der Waals surface area contributed by atoms with E-state index in [0.29, 0.717) is 6.54 Å². The molecule has 2 aromatic carbocycles. The number of benzene rings is 2. The number of rotatable bonds is 3. The Morgan fingerprint density at radius 1 is 0.914 bits per heavy atom. The number of hydrogen-bond acceptors (Lipinski definition) is 5. The molecule has 35 heavy (non-hydrogen) atoms. The molecule has 1 saturated heterocycles. The van der Waals surface area contributed by atoms with Crippen LogP contribution in [-0.4, -0.2) is 57.0 Å². The molecule has 0 spiro atoms. The van der Waals surface area contributed by atoms with Crippen LogP contribution in [0.4, 0.5) is 21.9 Å². The zero-order valence-corrected chi connectivity index (χ0v) is 20.7. The lowest BCUT2D eigenvalue weighted by Gasteiger charge is -2.41. The first-order valence-electron chi connectivity index (χ1n) is 12.9. The van der Waals surface area contributed by atoms with Crippen LogP contribution in [0.25, 0.3) is 11.1 Å². The highest BCUT2D eigenvalue weighted by molar-refractivity contribution is 6.03. The molecule has 2 aliphatic heterocycles. The topological polar surface area (TPSA) is 62.3 Å². The quantitative estimate of drug-likeness (QED) is 0.607. The van der Waals surface area contributed by atoms with Crippen LogP contribution in [0.2, 0.25) is 0 Å². The summed E-state index contributed by atoms with van der Waals surface area (Å²) in [5, 5.41) is 0. The third-order valence-electron chi connectivity index (χ3n) is 7.37. The van der Waals surface area contributed by atoms with E-state index in [-0.39, 0.29) is 24.1 Å². The van der Waals surface area contributed by atoms with Crippen LogP contribution in [0.15, 0.2) is 42.5 Å². The van der Waals surface area contributed by atoms with Gasteiger partial charge in [-0.2, -0.15) is 0 Å². The van der Waals surface area contributed by atoms with E-state index in [4.69, 9.17) is 9.47 Å². The van der Waals surface area contributed by atoms with Gasteiger partial charge in [-0.25, -0.2) is 4.79 Å². The molecule has 1 aliphatic carbocycles. The molecule has 0 unspecified atom stereocenters. The van der Waals surface area contributed by atoms with Gasteiger partial charge in [-0.3, -0.25) is 9.69 Å². The predicted octanol–water partition coefficient (Wildman–Crippen LogP) is 5.22. The maximum Gasteiger partial charge on any atom is 0.414 e. The lowest BCUT2D eigenvalue weighted by Crippen LogP contribution is -2.52. The predicted molar refractivity (Wildman–Crippen MR) is 138 cm³/mol. The van der Waals surface area contributed by atoms with Crippen molar-refractivity contribution in [2.75, 3.05) is 47.5 Å². The van der Waals surface area contributed by atoms with E-state index < -0.39 is 0 Å². The van der Waals surface area contributed by atoms with Crippen molar-refractivity contribution in [3.63, 3.8) is 0 Å². The average Bonchev–Trinajstić information content (AvgIpc) is 2.89. The van der Waals surface area contributed by atoms with Gasteiger partial charge in [0.2, 0.25) is 5.91 Å². The molecule has 1 saturated carbocycles. The Kier molecular flexibility index (Phi) is 6.95. The van der Waals surface area contributed by atoms with Crippen molar-refractivity contribution in [2.24, 2.45) is 0 Å². The molecule has 186 valence electrons. The number of hydrogen-bond donors (Lipinski definition) is 0. The molecule has 2 amide bonds. The molecule has 0 N–H and O–H groups in total. The Labute approximate surface area is 207 Å². The average molecular weight is 478 g/mol. The summed E-state index contributed by atoms with van der Waals surface area (Å²) >= 11 is 0. The Morgan fingerprint density at radius 2 is 1.60 bits per heavy atom. The second kappa shape index (κ2) is 10.3. The van der Waals surface area contributed by atoms with Crippen LogP contribution in [0.3, 0.4) is 0 Å². The molecule has 7 heteroatoms. The van der Waals surface area contributed by atoms with Crippen LogP contribution in [0, 0.1) is 0 Å². The van der Waals surface area contributed by atoms with Gasteiger partial charge in [-0.15, -0.1) is 0 Å². The fraction of sp³-hybridized carbons (Fsp3) is 0.500. The van der Waals surface area contributed by atoms with E-state index in [1.807, 2.05) is 25.1 Å². The Bertz CT molecular complexity index is 1060. The van der Waals surface area contributed by atoms with Crippen molar-refractivity contribution in [1.29, 1.82) is 0 Å². The summed E-state index contributed by atoms with van der Waals surface area (Å²) in [6.45, 7) is 7.27. The summed E-state index contributed by atoms with van der Waals surface area (Å²) in [7, 11) is 0. The SMILES string of the molecule is CC(=O)N1c2ccc(-c3ccc(N4CCOCC4)cc3)cc2N(C(=O)OC2CCCCC2)C[C@@H]1C. The van der Waals surface area contributed by atoms with Gasteiger partial charge in [-0.05, 0) is 68.0 Å². The molecule has 3 aliphatic rings. The highest BCUT2D eigenvalue weighted by Crippen LogP contribution is 2.40. The summed E-state index contributed by atoms with van der Waals surface area (Å²) in [5.41, 5.74) is 4.74. The van der Waals surface area contributed by atoms with Crippen molar-refractivity contribution in [3.8, 4) is 11.1 Å². The zero-order valence-electron chi connectivity index (χ0n) is 20.7. The summed E-state index contributed by atoms with van der Waals surface area (Å²) in [4.78, 5) is 31.6. The number of carbonyl (C=O) groups is 2. The summed E-state index contributed by atoms with van der Waals surface area (Å²) < 4.78 is 11.4. The fourth-order valence-electron chi connectivity index (χ4n) is 5.53. The molecule has 2 heterocycles. The smallest absolute Gasteiger partial charge is 0.414 e. The molecule has 0 aromatic heterocycles. The number of fused-ring (bicyclic) bond motifs is 1. The van der Waals surface area contributed by atoms with Crippen LogP contribution in [-0.2, 0) is 14.3 Å². The molecule has 0 radical (unpaired) electrons. The van der Waals surface area contributed by atoms with E-state index in [1.165, 1.54) is 12.1 Å². The third-order valence-corrected chi connectivity index (χ3v) is 7.37. The van der Waals surface area contributed by atoms with E-state index in [0.717, 1.165) is 74.5 Å². The number of anilines is 3. The van der Waals surface area contributed by atoms with Gasteiger partial charge in [0.05, 0.1) is 30.6 Å². The van der Waals surface area contributed by atoms with Crippen molar-refractivity contribution < 1.29 is 19.1 Å². The molecule has 7 nitrogen and oxygen atoms in total. The summed E-state index contributed by atoms with van der Waals surface area (Å²) in [5.74, 6) is -0.0262. The van der Waals surface area contributed by atoms with Gasteiger partial charge in [0.1, 0.15) is 6.10 Å². The molecule has 5 rings (SSSR count). The lowest BCUT2D eigenvalue weighted by molar-refractivity contribution is -0.117. The van der Waals surface area contributed by atoms with Crippen LogP contribution in [0.1, 0.15) is 46.0 Å². The Hall–Kier alpha value is -3.06. The number of morpholine rings is 1. The van der Waals surface area contributed by atoms with E-state index in [1.54, 1.807) is 16.7 Å². The normalized spacial score (nSPS) is 21.0. The molecule has 2 aromatic rings. The minimum absolute atomic E-state index is 0.0169. The van der Waals surface area contributed by atoms with E-state index in [2.05, 4.69) is 29.2 Å². The molecule has 0 bridgehead atoms. The van der Waals surface area contributed by atoms with Crippen molar-refractivity contribution >= 4 is 29.1 Å². The van der Waals surface area contributed by atoms with E-state index in [9.17, 15) is 9.59 Å². The second-order valence-corrected chi connectivity index (χ2v) is 9.84. The largest absolute Gasteiger partial charge is 0.446 e. The summed E-state index contributed by atoms with van der Waals surface area (Å²) in [6.07, 6.45) is 4.94. The maximum absolute atomic E-state index is 13.3.